The number of nitro groups is 1. The minimum Gasteiger partial charge on any atom is -0.426 e. The lowest BCUT2D eigenvalue weighted by Crippen LogP contribution is -2.49. The Morgan fingerprint density at radius 2 is 2.06 bits per heavy atom. The first kappa shape index (κ1) is 29.5. The highest BCUT2D eigenvalue weighted by molar-refractivity contribution is 6.43. The van der Waals surface area contributed by atoms with Crippen molar-refractivity contribution in [3.63, 3.8) is 0 Å². The predicted octanol–water partition coefficient (Wildman–Crippen LogP) is 0.973. The number of hydrogen-bond donors (Lipinski definition) is 5. The lowest BCUT2D eigenvalue weighted by Gasteiger charge is -2.23. The number of carbonyl (C=O) groups is 2. The molecule has 0 aromatic rings. The van der Waals surface area contributed by atoms with Gasteiger partial charge in [0.2, 0.25) is 5.91 Å². The van der Waals surface area contributed by atoms with Gasteiger partial charge in [0, 0.05) is 25.3 Å². The van der Waals surface area contributed by atoms with Gasteiger partial charge in [0.1, 0.15) is 5.78 Å². The molecule has 1 unspecified atom stereocenters. The fraction of sp³-hybridized carbons (Fsp3) is 0.750. The molecule has 0 fully saturated rings. The van der Waals surface area contributed by atoms with Crippen LogP contribution in [0.3, 0.4) is 0 Å². The molecule has 182 valence electrons. The first-order chi connectivity index (χ1) is 14.6. The Hall–Kier alpha value is -2.47. The lowest BCUT2D eigenvalue weighted by atomic mass is 9.74. The topological polar surface area (TPSA) is 180 Å². The molecule has 3 atom stereocenters. The molecule has 0 aromatic carbocycles. The first-order valence-electron chi connectivity index (χ1n) is 10.6. The van der Waals surface area contributed by atoms with Gasteiger partial charge in [-0.15, -0.1) is 0 Å². The second kappa shape index (κ2) is 15.4. The molecule has 32 heavy (non-hydrogen) atoms. The zero-order valence-electron chi connectivity index (χ0n) is 18.2. The van der Waals surface area contributed by atoms with Crippen molar-refractivity contribution in [3.8, 4) is 0 Å². The molecule has 12 heteroatoms. The number of ketones is 1. The number of Topliss-reactive ketones (excluding diaryl/α,β-unsaturated/α-hetero) is 1. The van der Waals surface area contributed by atoms with Crippen molar-refractivity contribution in [2.24, 2.45) is 28.5 Å². The maximum absolute atomic E-state index is 12.8. The smallest absolute Gasteiger partial charge is 0.426 e. The molecule has 0 aliphatic heterocycles. The lowest BCUT2D eigenvalue weighted by molar-refractivity contribution is -0.525. The molecule has 1 aliphatic carbocycles. The van der Waals surface area contributed by atoms with Crippen molar-refractivity contribution >= 4 is 24.8 Å². The summed E-state index contributed by atoms with van der Waals surface area (Å²) in [5, 5.41) is 31.3. The van der Waals surface area contributed by atoms with Gasteiger partial charge < -0.3 is 21.1 Å². The van der Waals surface area contributed by atoms with Crippen LogP contribution in [0.25, 0.3) is 0 Å². The maximum Gasteiger partial charge on any atom is 0.475 e. The van der Waals surface area contributed by atoms with Gasteiger partial charge in [-0.3, -0.25) is 9.59 Å². The summed E-state index contributed by atoms with van der Waals surface area (Å²) >= 11 is 0. The summed E-state index contributed by atoms with van der Waals surface area (Å²) in [7, 11) is -1.70. The van der Waals surface area contributed by atoms with Crippen molar-refractivity contribution in [2.75, 3.05) is 6.54 Å². The summed E-state index contributed by atoms with van der Waals surface area (Å²) in [5.41, 5.74) is 7.11. The van der Waals surface area contributed by atoms with Crippen LogP contribution in [0.5, 0.6) is 0 Å². The minimum absolute atomic E-state index is 0. The van der Waals surface area contributed by atoms with Gasteiger partial charge in [0.15, 0.2) is 5.03 Å². The molecule has 0 saturated heterocycles. The number of guanidine groups is 1. The zero-order chi connectivity index (χ0) is 23.4. The third-order valence-corrected chi connectivity index (χ3v) is 5.06. The number of allylic oxidation sites excluding steroid dienone is 2. The summed E-state index contributed by atoms with van der Waals surface area (Å²) in [5.74, 6) is -1.95. The molecule has 1 rings (SSSR count). The number of nitrogens with two attached hydrogens (primary N) is 1. The van der Waals surface area contributed by atoms with Crippen LogP contribution in [0.4, 0.5) is 0 Å². The van der Waals surface area contributed by atoms with E-state index in [1.807, 2.05) is 26.0 Å². The quantitative estimate of drug-likeness (QED) is 0.0489. The van der Waals surface area contributed by atoms with Crippen LogP contribution in [0, 0.1) is 27.9 Å². The van der Waals surface area contributed by atoms with Crippen LogP contribution >= 0.6 is 0 Å². The fourth-order valence-electron chi connectivity index (χ4n) is 3.57. The van der Waals surface area contributed by atoms with E-state index in [0.29, 0.717) is 25.7 Å². The molecule has 11 nitrogen and oxygen atoms in total. The molecular weight excluding hydrogens is 417 g/mol. The molecule has 0 aromatic heterocycles. The zero-order valence-corrected chi connectivity index (χ0v) is 18.2. The summed E-state index contributed by atoms with van der Waals surface area (Å²) in [6.07, 6.45) is 7.42. The highest BCUT2D eigenvalue weighted by Crippen LogP contribution is 2.23. The first-order valence-corrected chi connectivity index (χ1v) is 10.6. The SMILES string of the molecule is C.CC(C)C[C@H](NC(=O)[C@H](CCCN=C(N)N[N+](=O)[O-])CC(=O)CC1C=CCC1)B(O)O. The molecule has 0 bridgehead atoms. The number of amides is 1. The van der Waals surface area contributed by atoms with Gasteiger partial charge in [-0.2, -0.15) is 0 Å². The van der Waals surface area contributed by atoms with Crippen molar-refractivity contribution < 1.29 is 24.7 Å². The van der Waals surface area contributed by atoms with Gasteiger partial charge >= 0.3 is 7.12 Å². The molecule has 0 radical (unpaired) electrons. The highest BCUT2D eigenvalue weighted by Gasteiger charge is 2.30. The largest absolute Gasteiger partial charge is 0.475 e. The Bertz CT molecular complexity index is 671. The van der Waals surface area contributed by atoms with Gasteiger partial charge in [0.05, 0.1) is 5.94 Å². The van der Waals surface area contributed by atoms with E-state index in [2.05, 4.69) is 10.3 Å². The number of hydrogen-bond acceptors (Lipinski definition) is 7. The predicted molar refractivity (Wildman–Crippen MR) is 124 cm³/mol. The van der Waals surface area contributed by atoms with Crippen molar-refractivity contribution in [2.45, 2.75) is 72.2 Å². The Kier molecular flexibility index (Phi) is 14.2. The molecule has 0 heterocycles. The Morgan fingerprint density at radius 3 is 2.59 bits per heavy atom. The van der Waals surface area contributed by atoms with Crippen LogP contribution in [-0.4, -0.2) is 52.3 Å². The van der Waals surface area contributed by atoms with Gasteiger partial charge in [-0.05, 0) is 43.9 Å². The van der Waals surface area contributed by atoms with E-state index in [-0.39, 0.29) is 44.0 Å². The number of hydrazine groups is 1. The molecule has 1 amide bonds. The van der Waals surface area contributed by atoms with Crippen LogP contribution < -0.4 is 16.5 Å². The number of rotatable bonds is 14. The number of nitrogens with zero attached hydrogens (tertiary/aromatic N) is 2. The van der Waals surface area contributed by atoms with E-state index in [1.165, 1.54) is 0 Å². The standard InChI is InChI=1S/C19H34BN5O6.CH4/c1-13(2)10-17(20(28)29)23-18(27)15(8-5-9-22-19(21)24-25(30)31)12-16(26)11-14-6-3-4-7-14;/h3,6,13-15,17,28-29H,4-5,7-12H2,1-2H3,(H,23,27)(H3,21,22,24);1H4/t14?,15-,17+;/m1./s1. The number of nitrogens with one attached hydrogen (secondary N) is 2. The van der Waals surface area contributed by atoms with Crippen molar-refractivity contribution in [1.82, 2.24) is 10.7 Å². The van der Waals surface area contributed by atoms with Gasteiger partial charge in [-0.1, -0.05) is 38.9 Å². The van der Waals surface area contributed by atoms with Crippen LogP contribution in [0.15, 0.2) is 17.1 Å². The van der Waals surface area contributed by atoms with E-state index in [1.54, 1.807) is 5.43 Å². The summed E-state index contributed by atoms with van der Waals surface area (Å²) in [4.78, 5) is 39.5. The number of carbonyl (C=O) groups excluding carboxylic acids is 2. The Labute approximate surface area is 190 Å². The maximum atomic E-state index is 12.8. The van der Waals surface area contributed by atoms with Gasteiger partial charge in [-0.25, -0.2) is 15.1 Å². The average Bonchev–Trinajstić information content (AvgIpc) is 3.15. The summed E-state index contributed by atoms with van der Waals surface area (Å²) < 4.78 is 0. The van der Waals surface area contributed by atoms with E-state index >= 15 is 0 Å². The third-order valence-electron chi connectivity index (χ3n) is 5.06. The monoisotopic (exact) mass is 455 g/mol. The Morgan fingerprint density at radius 1 is 1.38 bits per heavy atom. The normalized spacial score (nSPS) is 17.4. The van der Waals surface area contributed by atoms with Crippen LogP contribution in [-0.2, 0) is 9.59 Å². The Balaban J connectivity index is 0.00000961. The van der Waals surface area contributed by atoms with Crippen molar-refractivity contribution in [1.29, 1.82) is 0 Å². The third kappa shape index (κ3) is 12.4. The second-order valence-corrected chi connectivity index (χ2v) is 8.35. The van der Waals surface area contributed by atoms with E-state index in [4.69, 9.17) is 5.73 Å². The van der Waals surface area contributed by atoms with Crippen LogP contribution in [0.2, 0.25) is 0 Å². The molecular formula is C20H38BN5O6. The molecule has 0 spiro atoms. The molecule has 1 aliphatic rings. The van der Waals surface area contributed by atoms with Crippen LogP contribution in [0.1, 0.15) is 66.2 Å². The molecule has 0 saturated carbocycles. The summed E-state index contributed by atoms with van der Waals surface area (Å²) in [6.45, 7) is 3.95. The average molecular weight is 455 g/mol. The fourth-order valence-corrected chi connectivity index (χ4v) is 3.57. The van der Waals surface area contributed by atoms with Crippen molar-refractivity contribution in [3.05, 3.63) is 22.3 Å². The van der Waals surface area contributed by atoms with E-state index in [9.17, 15) is 29.8 Å². The van der Waals surface area contributed by atoms with Gasteiger partial charge in [0.25, 0.3) is 5.96 Å². The van der Waals surface area contributed by atoms with E-state index in [0.717, 1.165) is 12.8 Å². The highest BCUT2D eigenvalue weighted by atomic mass is 16.7. The second-order valence-electron chi connectivity index (χ2n) is 8.35. The number of aliphatic imine (C=N–C) groups is 1. The summed E-state index contributed by atoms with van der Waals surface area (Å²) in [6, 6.07) is 0. The molecule has 6 N–H and O–H groups in total. The minimum atomic E-state index is -1.70. The van der Waals surface area contributed by atoms with E-state index < -0.39 is 29.9 Å².